The fourth-order valence-electron chi connectivity index (χ4n) is 2.30. The molecule has 0 spiro atoms. The van der Waals surface area contributed by atoms with Crippen LogP contribution in [0.4, 0.5) is 13.2 Å². The van der Waals surface area contributed by atoms with Crippen molar-refractivity contribution in [3.8, 4) is 0 Å². The van der Waals surface area contributed by atoms with Crippen molar-refractivity contribution in [1.82, 2.24) is 0 Å². The minimum atomic E-state index is -2.60. The zero-order chi connectivity index (χ0) is 12.7. The van der Waals surface area contributed by atoms with Crippen LogP contribution in [0.5, 0.6) is 0 Å². The number of benzene rings is 1. The number of hydrogen-bond donors (Lipinski definition) is 1. The topological polar surface area (TPSA) is 26.0 Å². The maximum atomic E-state index is 13.2. The van der Waals surface area contributed by atoms with E-state index in [0.717, 1.165) is 5.56 Å². The molecule has 1 fully saturated rings. The van der Waals surface area contributed by atoms with Crippen molar-refractivity contribution in [2.24, 2.45) is 5.73 Å². The van der Waals surface area contributed by atoms with Crippen molar-refractivity contribution in [2.75, 3.05) is 0 Å². The highest BCUT2D eigenvalue weighted by Gasteiger charge is 2.42. The first-order valence-electron chi connectivity index (χ1n) is 5.76. The van der Waals surface area contributed by atoms with E-state index in [4.69, 9.17) is 5.73 Å². The van der Waals surface area contributed by atoms with Crippen LogP contribution in [0.1, 0.15) is 36.8 Å². The van der Waals surface area contributed by atoms with Gasteiger partial charge in [-0.1, -0.05) is 12.1 Å². The molecule has 0 unspecified atom stereocenters. The average molecular weight is 243 g/mol. The molecule has 1 aliphatic carbocycles. The van der Waals surface area contributed by atoms with Gasteiger partial charge in [0.1, 0.15) is 5.82 Å². The molecule has 0 amide bonds. The molecule has 17 heavy (non-hydrogen) atoms. The lowest BCUT2D eigenvalue weighted by Crippen LogP contribution is -2.43. The molecule has 0 radical (unpaired) electrons. The summed E-state index contributed by atoms with van der Waals surface area (Å²) in [4.78, 5) is 0. The highest BCUT2D eigenvalue weighted by molar-refractivity contribution is 5.30. The number of hydrogen-bond acceptors (Lipinski definition) is 1. The van der Waals surface area contributed by atoms with Gasteiger partial charge < -0.3 is 5.73 Å². The van der Waals surface area contributed by atoms with E-state index in [1.54, 1.807) is 19.1 Å². The summed E-state index contributed by atoms with van der Waals surface area (Å²) in [6, 6.07) is 4.62. The third-order valence-corrected chi connectivity index (χ3v) is 3.61. The Morgan fingerprint density at radius 3 is 2.24 bits per heavy atom. The molecule has 0 saturated heterocycles. The van der Waals surface area contributed by atoms with Crippen LogP contribution in [0.3, 0.4) is 0 Å². The highest BCUT2D eigenvalue weighted by Crippen LogP contribution is 2.42. The van der Waals surface area contributed by atoms with Crippen molar-refractivity contribution in [3.63, 3.8) is 0 Å². The molecule has 0 bridgehead atoms. The molecular weight excluding hydrogens is 227 g/mol. The van der Waals surface area contributed by atoms with Crippen molar-refractivity contribution < 1.29 is 13.2 Å². The van der Waals surface area contributed by atoms with E-state index in [0.29, 0.717) is 5.56 Å². The Morgan fingerprint density at radius 2 is 1.71 bits per heavy atom. The van der Waals surface area contributed by atoms with Crippen molar-refractivity contribution in [2.45, 2.75) is 44.1 Å². The van der Waals surface area contributed by atoms with Gasteiger partial charge in [-0.25, -0.2) is 13.2 Å². The zero-order valence-electron chi connectivity index (χ0n) is 9.77. The predicted molar refractivity (Wildman–Crippen MR) is 60.4 cm³/mol. The van der Waals surface area contributed by atoms with Crippen LogP contribution in [-0.2, 0) is 5.54 Å². The van der Waals surface area contributed by atoms with Crippen molar-refractivity contribution in [1.29, 1.82) is 0 Å². The molecule has 1 nitrogen and oxygen atoms in total. The van der Waals surface area contributed by atoms with Crippen LogP contribution < -0.4 is 5.73 Å². The van der Waals surface area contributed by atoms with Crippen molar-refractivity contribution >= 4 is 0 Å². The molecule has 0 atom stereocenters. The van der Waals surface area contributed by atoms with E-state index in [-0.39, 0.29) is 31.5 Å². The molecule has 0 aromatic heterocycles. The lowest BCUT2D eigenvalue weighted by atomic mass is 9.76. The first kappa shape index (κ1) is 12.4. The third-order valence-electron chi connectivity index (χ3n) is 3.61. The maximum Gasteiger partial charge on any atom is 0.248 e. The number of nitrogens with two attached hydrogens (primary N) is 1. The Balaban J connectivity index is 2.24. The number of rotatable bonds is 1. The summed E-state index contributed by atoms with van der Waals surface area (Å²) >= 11 is 0. The van der Waals surface area contributed by atoms with Crippen LogP contribution in [0.25, 0.3) is 0 Å². The molecule has 4 heteroatoms. The average Bonchev–Trinajstić information content (AvgIpc) is 2.27. The fraction of sp³-hybridized carbons (Fsp3) is 0.538. The Morgan fingerprint density at radius 1 is 1.12 bits per heavy atom. The summed E-state index contributed by atoms with van der Waals surface area (Å²) in [5, 5.41) is 0. The van der Waals surface area contributed by atoms with Gasteiger partial charge in [-0.2, -0.15) is 0 Å². The van der Waals surface area contributed by atoms with Crippen LogP contribution in [0, 0.1) is 12.7 Å². The normalized spacial score (nSPS) is 22.4. The Labute approximate surface area is 98.8 Å². The van der Waals surface area contributed by atoms with Gasteiger partial charge in [0, 0.05) is 18.4 Å². The van der Waals surface area contributed by atoms with Gasteiger partial charge in [-0.15, -0.1) is 0 Å². The first-order valence-corrected chi connectivity index (χ1v) is 5.76. The molecule has 1 aromatic carbocycles. The number of alkyl halides is 2. The van der Waals surface area contributed by atoms with Gasteiger partial charge in [0.05, 0.1) is 0 Å². The van der Waals surface area contributed by atoms with Crippen LogP contribution in [0.15, 0.2) is 18.2 Å². The van der Waals surface area contributed by atoms with Crippen molar-refractivity contribution in [3.05, 3.63) is 35.1 Å². The molecule has 2 rings (SSSR count). The summed E-state index contributed by atoms with van der Waals surface area (Å²) in [5.41, 5.74) is 6.69. The second-order valence-corrected chi connectivity index (χ2v) is 4.98. The lowest BCUT2D eigenvalue weighted by molar-refractivity contribution is -0.0514. The zero-order valence-corrected chi connectivity index (χ0v) is 9.77. The second-order valence-electron chi connectivity index (χ2n) is 4.98. The lowest BCUT2D eigenvalue weighted by Gasteiger charge is -2.37. The quantitative estimate of drug-likeness (QED) is 0.802. The third kappa shape index (κ3) is 2.46. The molecule has 1 saturated carbocycles. The second kappa shape index (κ2) is 4.02. The molecule has 0 aliphatic heterocycles. The van der Waals surface area contributed by atoms with Gasteiger partial charge in [0.25, 0.3) is 0 Å². The van der Waals surface area contributed by atoms with Gasteiger partial charge >= 0.3 is 0 Å². The molecule has 1 aliphatic rings. The highest BCUT2D eigenvalue weighted by atomic mass is 19.3. The fourth-order valence-corrected chi connectivity index (χ4v) is 2.30. The maximum absolute atomic E-state index is 13.2. The first-order chi connectivity index (χ1) is 7.82. The van der Waals surface area contributed by atoms with Gasteiger partial charge in [-0.05, 0) is 37.0 Å². The summed E-state index contributed by atoms with van der Waals surface area (Å²) < 4.78 is 39.3. The van der Waals surface area contributed by atoms with Crippen LogP contribution in [-0.4, -0.2) is 5.92 Å². The largest absolute Gasteiger partial charge is 0.321 e. The predicted octanol–water partition coefficient (Wildman–Crippen LogP) is 3.50. The molecule has 0 heterocycles. The summed E-state index contributed by atoms with van der Waals surface area (Å²) in [6.07, 6.45) is 0.0932. The molecule has 1 aromatic rings. The minimum Gasteiger partial charge on any atom is -0.321 e. The van der Waals surface area contributed by atoms with E-state index in [2.05, 4.69) is 0 Å². The smallest absolute Gasteiger partial charge is 0.248 e. The van der Waals surface area contributed by atoms with E-state index < -0.39 is 11.5 Å². The summed E-state index contributed by atoms with van der Waals surface area (Å²) in [6.45, 7) is 1.65. The Hall–Kier alpha value is -1.03. The van der Waals surface area contributed by atoms with E-state index in [1.165, 1.54) is 6.07 Å². The van der Waals surface area contributed by atoms with E-state index in [9.17, 15) is 13.2 Å². The van der Waals surface area contributed by atoms with E-state index in [1.807, 2.05) is 0 Å². The van der Waals surface area contributed by atoms with Gasteiger partial charge in [0.15, 0.2) is 0 Å². The monoisotopic (exact) mass is 243 g/mol. The Bertz CT molecular complexity index is 419. The number of halogens is 3. The van der Waals surface area contributed by atoms with Gasteiger partial charge in [-0.3, -0.25) is 0 Å². The Kier molecular flexibility index (Phi) is 2.94. The van der Waals surface area contributed by atoms with Gasteiger partial charge in [0.2, 0.25) is 5.92 Å². The number of aryl methyl sites for hydroxylation is 1. The van der Waals surface area contributed by atoms with Crippen LogP contribution >= 0.6 is 0 Å². The molecule has 2 N–H and O–H groups in total. The minimum absolute atomic E-state index is 0.195. The van der Waals surface area contributed by atoms with Crippen LogP contribution in [0.2, 0.25) is 0 Å². The summed E-state index contributed by atoms with van der Waals surface area (Å²) in [7, 11) is 0. The summed E-state index contributed by atoms with van der Waals surface area (Å²) in [5.74, 6) is -2.89. The molecular formula is C13H16F3N. The SMILES string of the molecule is Cc1cc(C2(N)CCC(F)(F)CC2)ccc1F. The molecule has 94 valence electrons. The van der Waals surface area contributed by atoms with E-state index >= 15 is 0 Å². The standard InChI is InChI=1S/C13H16F3N/c1-9-8-10(2-3-11(9)14)12(17)4-6-13(15,16)7-5-12/h2-3,8H,4-7,17H2,1H3.